The first-order valence-electron chi connectivity index (χ1n) is 7.29. The van der Waals surface area contributed by atoms with Crippen LogP contribution in [0.1, 0.15) is 41.0 Å². The van der Waals surface area contributed by atoms with Gasteiger partial charge in [0.05, 0.1) is 18.5 Å². The molecule has 2 saturated heterocycles. The third-order valence-electron chi connectivity index (χ3n) is 3.60. The predicted molar refractivity (Wildman–Crippen MR) is 75.8 cm³/mol. The molecule has 0 bridgehead atoms. The molecule has 2 rings (SSSR count). The highest BCUT2D eigenvalue weighted by atomic mass is 16.8. The minimum absolute atomic E-state index is 0.0458. The Hall–Kier alpha value is -1.65. The molecule has 0 saturated carbocycles. The summed E-state index contributed by atoms with van der Waals surface area (Å²) >= 11 is 0. The summed E-state index contributed by atoms with van der Waals surface area (Å²) in [4.78, 5) is 25.2. The first-order chi connectivity index (χ1) is 10.1. The van der Waals surface area contributed by atoms with E-state index in [0.29, 0.717) is 6.29 Å². The summed E-state index contributed by atoms with van der Waals surface area (Å²) in [6, 6.07) is 0.654. The fraction of sp³-hybridized carbons (Fsp3) is 0.800. The van der Waals surface area contributed by atoms with Crippen molar-refractivity contribution in [2.24, 2.45) is 0 Å². The van der Waals surface area contributed by atoms with Crippen LogP contribution in [-0.2, 0) is 19.0 Å². The summed E-state index contributed by atoms with van der Waals surface area (Å²) in [7, 11) is 0. The number of nitriles is 1. The standard InChI is InChI=1S/C15H22N2O5/c1-14(2,3)22-13(19)17-9(6-7-16)11-12(10(17)8-18)21-15(4,5)20-11/h8-12H,6H2,1-5H3/t9-,10+,11?,12-/m0/s1. The number of hydrogen-bond acceptors (Lipinski definition) is 6. The molecule has 0 aromatic rings. The molecule has 22 heavy (non-hydrogen) atoms. The fourth-order valence-corrected chi connectivity index (χ4v) is 2.94. The first kappa shape index (κ1) is 16.7. The van der Waals surface area contributed by atoms with E-state index >= 15 is 0 Å². The van der Waals surface area contributed by atoms with Gasteiger partial charge in [0.2, 0.25) is 0 Å². The van der Waals surface area contributed by atoms with Crippen molar-refractivity contribution in [2.45, 2.75) is 76.7 Å². The number of rotatable bonds is 2. The largest absolute Gasteiger partial charge is 0.444 e. The predicted octanol–water partition coefficient (Wildman–Crippen LogP) is 1.61. The molecule has 1 amide bonds. The van der Waals surface area contributed by atoms with Crippen LogP contribution in [0.4, 0.5) is 4.79 Å². The molecule has 0 N–H and O–H groups in total. The monoisotopic (exact) mass is 310 g/mol. The second-order valence-electron chi connectivity index (χ2n) is 7.01. The van der Waals surface area contributed by atoms with Crippen LogP contribution in [0.15, 0.2) is 0 Å². The quantitative estimate of drug-likeness (QED) is 0.720. The number of carbonyl (C=O) groups excluding carboxylic acids is 2. The van der Waals surface area contributed by atoms with E-state index in [4.69, 9.17) is 19.5 Å². The van der Waals surface area contributed by atoms with Crippen molar-refractivity contribution in [2.75, 3.05) is 0 Å². The maximum atomic E-state index is 12.4. The number of hydrogen-bond donors (Lipinski definition) is 0. The van der Waals surface area contributed by atoms with Gasteiger partial charge in [-0.15, -0.1) is 0 Å². The number of aldehydes is 1. The van der Waals surface area contributed by atoms with Gasteiger partial charge in [-0.25, -0.2) is 4.79 Å². The van der Waals surface area contributed by atoms with Gasteiger partial charge >= 0.3 is 6.09 Å². The minimum atomic E-state index is -0.843. The van der Waals surface area contributed by atoms with Crippen molar-refractivity contribution in [1.29, 1.82) is 5.26 Å². The maximum Gasteiger partial charge on any atom is 0.411 e. The zero-order valence-corrected chi connectivity index (χ0v) is 13.5. The Bertz CT molecular complexity index is 505. The van der Waals surface area contributed by atoms with Crippen LogP contribution in [0.5, 0.6) is 0 Å². The normalized spacial score (nSPS) is 33.2. The minimum Gasteiger partial charge on any atom is -0.444 e. The van der Waals surface area contributed by atoms with Gasteiger partial charge in [-0.2, -0.15) is 5.26 Å². The molecule has 0 radical (unpaired) electrons. The molecular weight excluding hydrogens is 288 g/mol. The number of carbonyl (C=O) groups is 2. The van der Waals surface area contributed by atoms with Crippen molar-refractivity contribution in [3.63, 3.8) is 0 Å². The molecule has 2 aliphatic rings. The third kappa shape index (κ3) is 3.08. The van der Waals surface area contributed by atoms with E-state index in [0.717, 1.165) is 0 Å². The van der Waals surface area contributed by atoms with Crippen molar-refractivity contribution in [3.05, 3.63) is 0 Å². The summed E-state index contributed by atoms with van der Waals surface area (Å²) in [6.07, 6.45) is -1.03. The summed E-state index contributed by atoms with van der Waals surface area (Å²) in [5.74, 6) is -0.843. The summed E-state index contributed by atoms with van der Waals surface area (Å²) < 4.78 is 16.9. The molecule has 0 aliphatic carbocycles. The zero-order valence-electron chi connectivity index (χ0n) is 13.5. The molecule has 2 fully saturated rings. The van der Waals surface area contributed by atoms with Crippen molar-refractivity contribution >= 4 is 12.4 Å². The molecule has 2 heterocycles. The van der Waals surface area contributed by atoms with E-state index in [-0.39, 0.29) is 6.42 Å². The van der Waals surface area contributed by atoms with Crippen LogP contribution in [-0.4, -0.2) is 53.0 Å². The zero-order chi connectivity index (χ0) is 16.7. The molecule has 4 atom stereocenters. The highest BCUT2D eigenvalue weighted by molar-refractivity contribution is 5.76. The van der Waals surface area contributed by atoms with Crippen LogP contribution in [0, 0.1) is 11.3 Å². The molecule has 0 spiro atoms. The Balaban J connectivity index is 2.30. The number of nitrogens with zero attached hydrogens (tertiary/aromatic N) is 2. The van der Waals surface area contributed by atoms with E-state index in [9.17, 15) is 9.59 Å². The molecule has 7 heteroatoms. The van der Waals surface area contributed by atoms with E-state index in [1.165, 1.54) is 4.90 Å². The van der Waals surface area contributed by atoms with Crippen LogP contribution in [0.2, 0.25) is 0 Å². The highest BCUT2D eigenvalue weighted by Crippen LogP contribution is 2.41. The topological polar surface area (TPSA) is 88.9 Å². The lowest BCUT2D eigenvalue weighted by atomic mass is 10.1. The summed E-state index contributed by atoms with van der Waals surface area (Å²) in [5, 5.41) is 9.05. The smallest absolute Gasteiger partial charge is 0.411 e. The molecule has 2 aliphatic heterocycles. The lowest BCUT2D eigenvalue weighted by Crippen LogP contribution is -2.48. The summed E-state index contributed by atoms with van der Waals surface area (Å²) in [6.45, 7) is 8.72. The van der Waals surface area contributed by atoms with Crippen LogP contribution in [0.25, 0.3) is 0 Å². The first-order valence-corrected chi connectivity index (χ1v) is 7.29. The van der Waals surface area contributed by atoms with Crippen molar-refractivity contribution in [3.8, 4) is 6.07 Å². The van der Waals surface area contributed by atoms with Gasteiger partial charge in [-0.3, -0.25) is 4.90 Å². The average Bonchev–Trinajstić information content (AvgIpc) is 2.79. The van der Waals surface area contributed by atoms with E-state index < -0.39 is 41.8 Å². The number of amides is 1. The van der Waals surface area contributed by atoms with Gasteiger partial charge in [0.1, 0.15) is 30.1 Å². The van der Waals surface area contributed by atoms with Crippen LogP contribution < -0.4 is 0 Å². The number of fused-ring (bicyclic) bond motifs is 1. The number of ether oxygens (including phenoxy) is 3. The molecule has 1 unspecified atom stereocenters. The lowest BCUT2D eigenvalue weighted by Gasteiger charge is -2.32. The highest BCUT2D eigenvalue weighted by Gasteiger charge is 2.59. The van der Waals surface area contributed by atoms with Gasteiger partial charge in [0, 0.05) is 0 Å². The molecule has 0 aromatic carbocycles. The Labute approximate surface area is 130 Å². The van der Waals surface area contributed by atoms with E-state index in [1.807, 2.05) is 6.07 Å². The maximum absolute atomic E-state index is 12.4. The van der Waals surface area contributed by atoms with Crippen LogP contribution in [0.3, 0.4) is 0 Å². The Morgan fingerprint density at radius 1 is 1.36 bits per heavy atom. The SMILES string of the molecule is CC(C)(C)OC(=O)N1[C@H](C=O)[C@@H]2OC(C)(C)OC2[C@@H]1CC#N. The molecule has 122 valence electrons. The van der Waals surface area contributed by atoms with E-state index in [2.05, 4.69) is 0 Å². The second kappa shape index (κ2) is 5.52. The molecule has 0 aromatic heterocycles. The Kier molecular flexibility index (Phi) is 4.20. The van der Waals surface area contributed by atoms with Crippen molar-refractivity contribution < 1.29 is 23.8 Å². The fourth-order valence-electron chi connectivity index (χ4n) is 2.94. The Morgan fingerprint density at radius 3 is 2.45 bits per heavy atom. The van der Waals surface area contributed by atoms with Gasteiger partial charge in [0.15, 0.2) is 5.79 Å². The van der Waals surface area contributed by atoms with Gasteiger partial charge in [-0.1, -0.05) is 0 Å². The number of likely N-dealkylation sites (tertiary alicyclic amines) is 1. The van der Waals surface area contributed by atoms with Crippen molar-refractivity contribution in [1.82, 2.24) is 4.90 Å². The summed E-state index contributed by atoms with van der Waals surface area (Å²) in [5.41, 5.74) is -0.694. The Morgan fingerprint density at radius 2 is 1.95 bits per heavy atom. The molecular formula is C15H22N2O5. The van der Waals surface area contributed by atoms with Gasteiger partial charge < -0.3 is 19.0 Å². The molecule has 7 nitrogen and oxygen atoms in total. The van der Waals surface area contributed by atoms with E-state index in [1.54, 1.807) is 34.6 Å². The third-order valence-corrected chi connectivity index (χ3v) is 3.60. The average molecular weight is 310 g/mol. The second-order valence-corrected chi connectivity index (χ2v) is 7.01. The van der Waals surface area contributed by atoms with Crippen LogP contribution >= 0.6 is 0 Å². The van der Waals surface area contributed by atoms with Gasteiger partial charge in [0.25, 0.3) is 0 Å². The lowest BCUT2D eigenvalue weighted by molar-refractivity contribution is -0.166. The van der Waals surface area contributed by atoms with Gasteiger partial charge in [-0.05, 0) is 34.6 Å².